The summed E-state index contributed by atoms with van der Waals surface area (Å²) in [6.07, 6.45) is 2.99. The number of benzene rings is 1. The molecule has 0 spiro atoms. The summed E-state index contributed by atoms with van der Waals surface area (Å²) >= 11 is 2.72. The standard InChI is InChI=1S/C18H22N4O2S2/c1-4-13-5-7-14(8-6-13)19-16(24)11(2)25-18-21-20-17(26-18)22(12(3)23)15-9-10-15/h5-8,11,15H,4,9-10H2,1-3H3,(H,19,24). The number of hydrogen-bond donors (Lipinski definition) is 1. The van der Waals surface area contributed by atoms with Gasteiger partial charge in [0.05, 0.1) is 5.25 Å². The van der Waals surface area contributed by atoms with Gasteiger partial charge in [-0.2, -0.15) is 0 Å². The Morgan fingerprint density at radius 3 is 2.58 bits per heavy atom. The maximum atomic E-state index is 12.4. The van der Waals surface area contributed by atoms with Gasteiger partial charge in [0.1, 0.15) is 0 Å². The number of anilines is 2. The van der Waals surface area contributed by atoms with E-state index < -0.39 is 0 Å². The summed E-state index contributed by atoms with van der Waals surface area (Å²) in [5.74, 6) is -0.0943. The highest BCUT2D eigenvalue weighted by molar-refractivity contribution is 8.02. The van der Waals surface area contributed by atoms with Crippen molar-refractivity contribution in [3.63, 3.8) is 0 Å². The van der Waals surface area contributed by atoms with E-state index in [0.29, 0.717) is 9.47 Å². The van der Waals surface area contributed by atoms with Gasteiger partial charge in [0.2, 0.25) is 16.9 Å². The third-order valence-corrected chi connectivity index (χ3v) is 6.24. The smallest absolute Gasteiger partial charge is 0.237 e. The van der Waals surface area contributed by atoms with Crippen LogP contribution in [0.5, 0.6) is 0 Å². The number of carbonyl (C=O) groups excluding carboxylic acids is 2. The molecule has 1 aromatic carbocycles. The highest BCUT2D eigenvalue weighted by atomic mass is 32.2. The van der Waals surface area contributed by atoms with Crippen LogP contribution in [0.3, 0.4) is 0 Å². The van der Waals surface area contributed by atoms with Crippen molar-refractivity contribution < 1.29 is 9.59 Å². The minimum atomic E-state index is -0.312. The Kier molecular flexibility index (Phi) is 5.93. The van der Waals surface area contributed by atoms with E-state index in [0.717, 1.165) is 24.9 Å². The summed E-state index contributed by atoms with van der Waals surface area (Å²) < 4.78 is 0.691. The Hall–Kier alpha value is -1.93. The third kappa shape index (κ3) is 4.62. The summed E-state index contributed by atoms with van der Waals surface area (Å²) in [5.41, 5.74) is 2.02. The zero-order chi connectivity index (χ0) is 18.7. The molecule has 1 aliphatic rings. The van der Waals surface area contributed by atoms with Crippen LogP contribution in [0.25, 0.3) is 0 Å². The minimum absolute atomic E-state index is 0.0125. The van der Waals surface area contributed by atoms with E-state index in [2.05, 4.69) is 22.4 Å². The van der Waals surface area contributed by atoms with Crippen molar-refractivity contribution in [3.8, 4) is 0 Å². The lowest BCUT2D eigenvalue weighted by atomic mass is 10.1. The van der Waals surface area contributed by atoms with Crippen LogP contribution in [0.1, 0.15) is 39.2 Å². The van der Waals surface area contributed by atoms with Gasteiger partial charge in [0.25, 0.3) is 0 Å². The molecule has 1 atom stereocenters. The molecule has 8 heteroatoms. The third-order valence-electron chi connectivity index (χ3n) is 4.13. The molecule has 2 amide bonds. The van der Waals surface area contributed by atoms with Crippen LogP contribution in [-0.4, -0.2) is 33.3 Å². The molecule has 1 heterocycles. The molecular formula is C18H22N4O2S2. The van der Waals surface area contributed by atoms with Gasteiger partial charge in [-0.1, -0.05) is 42.2 Å². The van der Waals surface area contributed by atoms with E-state index >= 15 is 0 Å². The van der Waals surface area contributed by atoms with Gasteiger partial charge in [-0.05, 0) is 43.9 Å². The van der Waals surface area contributed by atoms with E-state index in [1.165, 1.54) is 28.7 Å². The second-order valence-electron chi connectivity index (χ2n) is 6.27. The van der Waals surface area contributed by atoms with Crippen LogP contribution in [-0.2, 0) is 16.0 Å². The molecule has 6 nitrogen and oxygen atoms in total. The number of carbonyl (C=O) groups is 2. The fraction of sp³-hybridized carbons (Fsp3) is 0.444. The average molecular weight is 391 g/mol. The first kappa shape index (κ1) is 18.8. The van der Waals surface area contributed by atoms with Gasteiger partial charge in [0.15, 0.2) is 4.34 Å². The second-order valence-corrected chi connectivity index (χ2v) is 8.81. The molecule has 1 saturated carbocycles. The molecule has 2 aromatic rings. The van der Waals surface area contributed by atoms with E-state index in [1.807, 2.05) is 31.2 Å². The first-order chi connectivity index (χ1) is 12.5. The molecule has 1 aliphatic carbocycles. The van der Waals surface area contributed by atoms with Crippen LogP contribution < -0.4 is 10.2 Å². The monoisotopic (exact) mass is 390 g/mol. The average Bonchev–Trinajstić information content (AvgIpc) is 3.34. The van der Waals surface area contributed by atoms with Crippen LogP contribution in [0.4, 0.5) is 10.8 Å². The van der Waals surface area contributed by atoms with Crippen molar-refractivity contribution in [2.24, 2.45) is 0 Å². The number of rotatable bonds is 7. The van der Waals surface area contributed by atoms with Crippen molar-refractivity contribution >= 4 is 45.7 Å². The van der Waals surface area contributed by atoms with Crippen molar-refractivity contribution in [1.29, 1.82) is 0 Å². The van der Waals surface area contributed by atoms with Crippen LogP contribution in [0.2, 0.25) is 0 Å². The number of thioether (sulfide) groups is 1. The van der Waals surface area contributed by atoms with Crippen LogP contribution in [0.15, 0.2) is 28.6 Å². The zero-order valence-corrected chi connectivity index (χ0v) is 16.7. The largest absolute Gasteiger partial charge is 0.325 e. The van der Waals surface area contributed by atoms with Gasteiger partial charge >= 0.3 is 0 Å². The molecule has 1 fully saturated rings. The Bertz CT molecular complexity index is 787. The maximum Gasteiger partial charge on any atom is 0.237 e. The van der Waals surface area contributed by atoms with Gasteiger partial charge in [0, 0.05) is 18.7 Å². The minimum Gasteiger partial charge on any atom is -0.325 e. The first-order valence-corrected chi connectivity index (χ1v) is 10.4. The highest BCUT2D eigenvalue weighted by Gasteiger charge is 2.34. The lowest BCUT2D eigenvalue weighted by molar-refractivity contribution is -0.117. The second kappa shape index (κ2) is 8.18. The molecule has 1 unspecified atom stereocenters. The lowest BCUT2D eigenvalue weighted by Crippen LogP contribution is -2.30. The normalized spacial score (nSPS) is 14.7. The molecular weight excluding hydrogens is 368 g/mol. The Balaban J connectivity index is 1.59. The maximum absolute atomic E-state index is 12.4. The number of aromatic nitrogens is 2. The number of amides is 2. The topological polar surface area (TPSA) is 75.2 Å². The predicted molar refractivity (Wildman–Crippen MR) is 106 cm³/mol. The van der Waals surface area contributed by atoms with Crippen LogP contribution >= 0.6 is 23.1 Å². The molecule has 0 saturated heterocycles. The molecule has 0 radical (unpaired) electrons. The number of nitrogens with zero attached hydrogens (tertiary/aromatic N) is 3. The van der Waals surface area contributed by atoms with E-state index in [4.69, 9.17) is 0 Å². The van der Waals surface area contributed by atoms with Gasteiger partial charge in [-0.15, -0.1) is 10.2 Å². The number of hydrogen-bond acceptors (Lipinski definition) is 6. The Labute approximate surface area is 161 Å². The number of nitrogens with one attached hydrogen (secondary N) is 1. The van der Waals surface area contributed by atoms with Crippen LogP contribution in [0, 0.1) is 0 Å². The van der Waals surface area contributed by atoms with Gasteiger partial charge in [-0.25, -0.2) is 0 Å². The summed E-state index contributed by atoms with van der Waals surface area (Å²) in [6, 6.07) is 8.11. The Morgan fingerprint density at radius 2 is 2.00 bits per heavy atom. The van der Waals surface area contributed by atoms with Crippen molar-refractivity contribution in [1.82, 2.24) is 10.2 Å². The Morgan fingerprint density at radius 1 is 1.31 bits per heavy atom. The zero-order valence-electron chi connectivity index (χ0n) is 15.1. The van der Waals surface area contributed by atoms with Gasteiger partial charge in [-0.3, -0.25) is 14.5 Å². The summed E-state index contributed by atoms with van der Waals surface area (Å²) in [7, 11) is 0. The van der Waals surface area contributed by atoms with Crippen molar-refractivity contribution in [2.45, 2.75) is 55.7 Å². The number of aryl methyl sites for hydroxylation is 1. The van der Waals surface area contributed by atoms with E-state index in [-0.39, 0.29) is 23.1 Å². The molecule has 0 aliphatic heterocycles. The van der Waals surface area contributed by atoms with E-state index in [1.54, 1.807) is 11.8 Å². The summed E-state index contributed by atoms with van der Waals surface area (Å²) in [6.45, 7) is 5.48. The quantitative estimate of drug-likeness (QED) is 0.576. The lowest BCUT2D eigenvalue weighted by Gasteiger charge is -2.15. The van der Waals surface area contributed by atoms with E-state index in [9.17, 15) is 9.59 Å². The predicted octanol–water partition coefficient (Wildman–Crippen LogP) is 3.74. The SMILES string of the molecule is CCc1ccc(NC(=O)C(C)Sc2nnc(N(C(C)=O)C3CC3)s2)cc1. The summed E-state index contributed by atoms with van der Waals surface area (Å²) in [4.78, 5) is 25.9. The molecule has 26 heavy (non-hydrogen) atoms. The van der Waals surface area contributed by atoms with Crippen molar-refractivity contribution in [2.75, 3.05) is 10.2 Å². The molecule has 138 valence electrons. The fourth-order valence-corrected chi connectivity index (χ4v) is 4.60. The molecule has 1 N–H and O–H groups in total. The summed E-state index contributed by atoms with van der Waals surface area (Å²) in [5, 5.41) is 11.5. The molecule has 1 aromatic heterocycles. The van der Waals surface area contributed by atoms with Crippen molar-refractivity contribution in [3.05, 3.63) is 29.8 Å². The van der Waals surface area contributed by atoms with Gasteiger partial charge < -0.3 is 5.32 Å². The molecule has 0 bridgehead atoms. The molecule has 3 rings (SSSR count). The fourth-order valence-electron chi connectivity index (χ4n) is 2.50. The highest BCUT2D eigenvalue weighted by Crippen LogP contribution is 2.36. The first-order valence-electron chi connectivity index (χ1n) is 8.67.